The van der Waals surface area contributed by atoms with E-state index in [1.54, 1.807) is 73.5 Å². The molecule has 0 aliphatic carbocycles. The fourth-order valence-electron chi connectivity index (χ4n) is 4.93. The van der Waals surface area contributed by atoms with Crippen molar-refractivity contribution in [3.8, 4) is 0 Å². The summed E-state index contributed by atoms with van der Waals surface area (Å²) >= 11 is 6.70. The third kappa shape index (κ3) is 4.92. The number of benzene rings is 2. The Morgan fingerprint density at radius 2 is 1.55 bits per heavy atom. The van der Waals surface area contributed by atoms with E-state index < -0.39 is 29.2 Å². The van der Waals surface area contributed by atoms with Crippen molar-refractivity contribution in [2.45, 2.75) is 31.1 Å². The SMILES string of the molecule is Cn1cncc1C(C)(c1ccc(C(F)(F)F)nc1)c1ccc2nc(C(F)(F)F)c(Cc3ccccc3)c(Cl)c2c1. The van der Waals surface area contributed by atoms with Crippen molar-refractivity contribution in [2.24, 2.45) is 7.05 Å². The lowest BCUT2D eigenvalue weighted by Gasteiger charge is -2.31. The summed E-state index contributed by atoms with van der Waals surface area (Å²) in [4.78, 5) is 11.8. The van der Waals surface area contributed by atoms with Crippen molar-refractivity contribution in [3.63, 3.8) is 0 Å². The van der Waals surface area contributed by atoms with E-state index in [2.05, 4.69) is 15.0 Å². The van der Waals surface area contributed by atoms with Gasteiger partial charge in [0.1, 0.15) is 11.4 Å². The summed E-state index contributed by atoms with van der Waals surface area (Å²) in [7, 11) is 1.74. The van der Waals surface area contributed by atoms with Gasteiger partial charge in [-0.2, -0.15) is 26.3 Å². The fourth-order valence-corrected chi connectivity index (χ4v) is 5.24. The van der Waals surface area contributed by atoms with Crippen molar-refractivity contribution in [1.29, 1.82) is 0 Å². The highest BCUT2D eigenvalue weighted by atomic mass is 35.5. The van der Waals surface area contributed by atoms with Crippen LogP contribution in [-0.4, -0.2) is 19.5 Å². The van der Waals surface area contributed by atoms with Crippen LogP contribution in [-0.2, 0) is 31.2 Å². The second-order valence-electron chi connectivity index (χ2n) is 9.59. The first kappa shape index (κ1) is 27.6. The first-order valence-electron chi connectivity index (χ1n) is 12.0. The van der Waals surface area contributed by atoms with Crippen molar-refractivity contribution < 1.29 is 26.3 Å². The van der Waals surface area contributed by atoms with E-state index in [1.807, 2.05) is 0 Å². The molecule has 4 nitrogen and oxygen atoms in total. The molecule has 0 N–H and O–H groups in total. The number of aromatic nitrogens is 4. The molecule has 0 radical (unpaired) electrons. The molecular formula is C29H21ClF6N4. The number of hydrogen-bond donors (Lipinski definition) is 0. The molecule has 0 bridgehead atoms. The van der Waals surface area contributed by atoms with Gasteiger partial charge in [0.15, 0.2) is 0 Å². The normalized spacial score (nSPS) is 13.9. The molecule has 3 aromatic heterocycles. The Hall–Kier alpha value is -3.92. The van der Waals surface area contributed by atoms with Crippen LogP contribution >= 0.6 is 11.6 Å². The molecule has 0 saturated carbocycles. The van der Waals surface area contributed by atoms with E-state index in [0.717, 1.165) is 12.3 Å². The minimum atomic E-state index is -4.74. The third-order valence-corrected chi connectivity index (χ3v) is 7.48. The van der Waals surface area contributed by atoms with E-state index in [-0.39, 0.29) is 27.9 Å². The maximum Gasteiger partial charge on any atom is 0.433 e. The van der Waals surface area contributed by atoms with Crippen LogP contribution in [0.2, 0.25) is 5.02 Å². The number of rotatable bonds is 5. The van der Waals surface area contributed by atoms with Gasteiger partial charge in [-0.05, 0) is 41.8 Å². The van der Waals surface area contributed by atoms with Crippen LogP contribution in [0.5, 0.6) is 0 Å². The van der Waals surface area contributed by atoms with Crippen LogP contribution in [0.15, 0.2) is 79.4 Å². The van der Waals surface area contributed by atoms with Gasteiger partial charge in [0.05, 0.1) is 28.0 Å². The third-order valence-electron chi connectivity index (χ3n) is 7.05. The molecule has 5 aromatic rings. The van der Waals surface area contributed by atoms with Crippen LogP contribution in [0.1, 0.15) is 46.3 Å². The van der Waals surface area contributed by atoms with Gasteiger partial charge in [-0.3, -0.25) is 4.98 Å². The van der Waals surface area contributed by atoms with Crippen molar-refractivity contribution in [3.05, 3.63) is 124 Å². The van der Waals surface area contributed by atoms with Gasteiger partial charge < -0.3 is 4.57 Å². The zero-order valence-corrected chi connectivity index (χ0v) is 21.9. The van der Waals surface area contributed by atoms with E-state index >= 15 is 0 Å². The summed E-state index contributed by atoms with van der Waals surface area (Å²) < 4.78 is 83.6. The Kier molecular flexibility index (Phi) is 6.86. The average molecular weight is 575 g/mol. The average Bonchev–Trinajstić information content (AvgIpc) is 3.35. The number of imidazole rings is 1. The molecule has 5 rings (SSSR count). The number of nitrogens with zero attached hydrogens (tertiary/aromatic N) is 4. The van der Waals surface area contributed by atoms with Gasteiger partial charge in [-0.1, -0.05) is 54.1 Å². The van der Waals surface area contributed by atoms with Crippen molar-refractivity contribution in [2.75, 3.05) is 0 Å². The highest BCUT2D eigenvalue weighted by Gasteiger charge is 2.39. The summed E-state index contributed by atoms with van der Waals surface area (Å²) in [5, 5.41) is 0.187. The molecule has 0 aliphatic heterocycles. The minimum absolute atomic E-state index is 0.0378. The number of fused-ring (bicyclic) bond motifs is 1. The number of alkyl halides is 6. The number of hydrogen-bond acceptors (Lipinski definition) is 3. The van der Waals surface area contributed by atoms with E-state index in [4.69, 9.17) is 11.6 Å². The fraction of sp³-hybridized carbons (Fsp3) is 0.207. The molecular weight excluding hydrogens is 554 g/mol. The molecule has 1 unspecified atom stereocenters. The van der Waals surface area contributed by atoms with Gasteiger partial charge >= 0.3 is 12.4 Å². The maximum absolute atomic E-state index is 14.1. The van der Waals surface area contributed by atoms with Crippen LogP contribution in [0.3, 0.4) is 0 Å². The van der Waals surface area contributed by atoms with E-state index in [0.29, 0.717) is 22.4 Å². The van der Waals surface area contributed by atoms with Gasteiger partial charge in [0.25, 0.3) is 0 Å². The maximum atomic E-state index is 14.1. The molecule has 0 aliphatic rings. The summed E-state index contributed by atoms with van der Waals surface area (Å²) in [6, 6.07) is 15.5. The molecule has 0 spiro atoms. The van der Waals surface area contributed by atoms with Crippen LogP contribution in [0, 0.1) is 0 Å². The molecule has 0 saturated heterocycles. The van der Waals surface area contributed by atoms with Crippen LogP contribution < -0.4 is 0 Å². The van der Waals surface area contributed by atoms with Crippen molar-refractivity contribution >= 4 is 22.5 Å². The quantitative estimate of drug-likeness (QED) is 0.200. The molecule has 0 fully saturated rings. The smallest absolute Gasteiger partial charge is 0.337 e. The minimum Gasteiger partial charge on any atom is -0.337 e. The Morgan fingerprint density at radius 1 is 0.850 bits per heavy atom. The predicted molar refractivity (Wildman–Crippen MR) is 139 cm³/mol. The summed E-state index contributed by atoms with van der Waals surface area (Å²) in [6.45, 7) is 1.78. The van der Waals surface area contributed by atoms with E-state index in [9.17, 15) is 26.3 Å². The second kappa shape index (κ2) is 9.92. The lowest BCUT2D eigenvalue weighted by Crippen LogP contribution is -2.28. The summed E-state index contributed by atoms with van der Waals surface area (Å²) in [5.74, 6) is 0. The highest BCUT2D eigenvalue weighted by Crippen LogP contribution is 2.43. The van der Waals surface area contributed by atoms with Crippen molar-refractivity contribution in [1.82, 2.24) is 19.5 Å². The molecule has 0 amide bonds. The van der Waals surface area contributed by atoms with E-state index in [1.165, 1.54) is 12.1 Å². The van der Waals surface area contributed by atoms with Crippen LogP contribution in [0.4, 0.5) is 26.3 Å². The zero-order valence-electron chi connectivity index (χ0n) is 21.1. The Bertz CT molecular complexity index is 1680. The molecule has 3 heterocycles. The Labute approximate surface area is 230 Å². The molecule has 2 aromatic carbocycles. The van der Waals surface area contributed by atoms with Gasteiger partial charge in [-0.25, -0.2) is 9.97 Å². The Morgan fingerprint density at radius 3 is 2.12 bits per heavy atom. The van der Waals surface area contributed by atoms with Gasteiger partial charge in [-0.15, -0.1) is 0 Å². The first-order valence-corrected chi connectivity index (χ1v) is 12.4. The summed E-state index contributed by atoms with van der Waals surface area (Å²) in [5.41, 5.74) is -1.11. The van der Waals surface area contributed by atoms with Crippen LogP contribution in [0.25, 0.3) is 10.9 Å². The zero-order chi connectivity index (χ0) is 28.9. The first-order chi connectivity index (χ1) is 18.8. The van der Waals surface area contributed by atoms with Gasteiger partial charge in [0.2, 0.25) is 0 Å². The lowest BCUT2D eigenvalue weighted by atomic mass is 9.74. The largest absolute Gasteiger partial charge is 0.433 e. The monoisotopic (exact) mass is 574 g/mol. The highest BCUT2D eigenvalue weighted by molar-refractivity contribution is 6.36. The molecule has 40 heavy (non-hydrogen) atoms. The Balaban J connectivity index is 1.74. The second-order valence-corrected chi connectivity index (χ2v) is 9.97. The number of halogens is 7. The molecule has 11 heteroatoms. The summed E-state index contributed by atoms with van der Waals surface area (Å²) in [6.07, 6.45) is -5.18. The number of pyridine rings is 2. The lowest BCUT2D eigenvalue weighted by molar-refractivity contribution is -0.142. The predicted octanol–water partition coefficient (Wildman–Crippen LogP) is 8.00. The van der Waals surface area contributed by atoms with Gasteiger partial charge in [0, 0.05) is 36.8 Å². The standard InChI is InChI=1S/C29H21ClF6N4/c1-27(24-15-37-16-40(24)2,19-9-11-23(38-14-19)28(31,32)33)18-8-10-22-20(13-18)25(30)21(26(39-22)29(34,35)36)12-17-6-4-3-5-7-17/h3-11,13-16H,12H2,1-2H3. The number of aryl methyl sites for hydroxylation is 1. The molecule has 206 valence electrons. The topological polar surface area (TPSA) is 43.6 Å². The molecule has 1 atom stereocenters.